The van der Waals surface area contributed by atoms with Crippen molar-refractivity contribution >= 4 is 52.4 Å². The average Bonchev–Trinajstić information content (AvgIpc) is 3.36. The summed E-state index contributed by atoms with van der Waals surface area (Å²) in [5, 5.41) is 15.1. The fourth-order valence-electron chi connectivity index (χ4n) is 4.59. The third-order valence-electron chi connectivity index (χ3n) is 7.01. The van der Waals surface area contributed by atoms with Gasteiger partial charge in [0.25, 0.3) is 5.91 Å². The van der Waals surface area contributed by atoms with Crippen LogP contribution in [0.15, 0.2) is 24.4 Å². The Balaban J connectivity index is 1.37. The number of benzene rings is 1. The molecule has 1 aliphatic rings. The highest BCUT2D eigenvalue weighted by atomic mass is 16.5. The van der Waals surface area contributed by atoms with E-state index in [4.69, 9.17) is 11.5 Å². The van der Waals surface area contributed by atoms with E-state index in [1.54, 1.807) is 18.3 Å². The Morgan fingerprint density at radius 2 is 1.93 bits per heavy atom. The largest absolute Gasteiger partial charge is 0.480 e. The van der Waals surface area contributed by atoms with Crippen molar-refractivity contribution < 1.29 is 29.0 Å². The van der Waals surface area contributed by atoms with Gasteiger partial charge in [-0.2, -0.15) is 9.97 Å². The lowest BCUT2D eigenvalue weighted by Gasteiger charge is -2.26. The van der Waals surface area contributed by atoms with Gasteiger partial charge in [0.15, 0.2) is 17.0 Å². The number of nitrogens with one attached hydrogen (secondary N) is 2. The van der Waals surface area contributed by atoms with Crippen LogP contribution in [0.25, 0.3) is 11.2 Å². The highest BCUT2D eigenvalue weighted by molar-refractivity contribution is 5.98. The molecule has 15 heteroatoms. The van der Waals surface area contributed by atoms with Gasteiger partial charge in [-0.15, -0.1) is 0 Å². The number of fused-ring (bicyclic) bond motifs is 2. The molecule has 7 N–H and O–H groups in total. The number of nitrogens with two attached hydrogens (primary N) is 2. The van der Waals surface area contributed by atoms with E-state index in [1.807, 2.05) is 6.07 Å². The molecule has 2 amide bonds. The number of aromatic nitrogens is 4. The van der Waals surface area contributed by atoms with Crippen LogP contribution < -0.4 is 27.0 Å². The molecular formula is C27H33N9O6. The normalized spacial score (nSPS) is 13.7. The van der Waals surface area contributed by atoms with E-state index in [0.29, 0.717) is 48.4 Å². The molecule has 3 aromatic rings. The fourth-order valence-corrected chi connectivity index (χ4v) is 4.59. The maximum Gasteiger partial charge on any atom is 0.329 e. The van der Waals surface area contributed by atoms with E-state index in [1.165, 1.54) is 14.0 Å². The summed E-state index contributed by atoms with van der Waals surface area (Å²) in [4.78, 5) is 67.4. The first-order chi connectivity index (χ1) is 20.0. The molecule has 0 radical (unpaired) electrons. The van der Waals surface area contributed by atoms with Crippen molar-refractivity contribution in [2.45, 2.75) is 51.1 Å². The number of rotatable bonds is 12. The van der Waals surface area contributed by atoms with Crippen molar-refractivity contribution in [2.75, 3.05) is 36.6 Å². The molecule has 1 aliphatic heterocycles. The van der Waals surface area contributed by atoms with Gasteiger partial charge in [-0.3, -0.25) is 14.4 Å². The third kappa shape index (κ3) is 6.97. The van der Waals surface area contributed by atoms with Gasteiger partial charge >= 0.3 is 11.9 Å². The van der Waals surface area contributed by atoms with Crippen LogP contribution in [0.3, 0.4) is 0 Å². The Labute approximate surface area is 241 Å². The van der Waals surface area contributed by atoms with Gasteiger partial charge in [0.1, 0.15) is 5.54 Å². The molecule has 0 saturated heterocycles. The van der Waals surface area contributed by atoms with E-state index >= 15 is 0 Å². The second-order valence-electron chi connectivity index (χ2n) is 10.1. The molecule has 0 bridgehead atoms. The quantitative estimate of drug-likeness (QED) is 0.146. The molecule has 3 heterocycles. The molecule has 2 aromatic heterocycles. The molecule has 42 heavy (non-hydrogen) atoms. The number of ether oxygens (including phenoxy) is 1. The van der Waals surface area contributed by atoms with Gasteiger partial charge < -0.3 is 36.8 Å². The molecule has 1 atom stereocenters. The molecule has 15 nitrogen and oxygen atoms in total. The number of anilines is 3. The summed E-state index contributed by atoms with van der Waals surface area (Å²) < 4.78 is 4.55. The first kappa shape index (κ1) is 29.9. The van der Waals surface area contributed by atoms with Gasteiger partial charge in [0.2, 0.25) is 11.9 Å². The van der Waals surface area contributed by atoms with E-state index in [-0.39, 0.29) is 49.4 Å². The Kier molecular flexibility index (Phi) is 8.98. The first-order valence-electron chi connectivity index (χ1n) is 13.3. The van der Waals surface area contributed by atoms with E-state index < -0.39 is 17.4 Å². The first-order valence-corrected chi connectivity index (χ1v) is 13.3. The van der Waals surface area contributed by atoms with Gasteiger partial charge in [-0.25, -0.2) is 14.8 Å². The summed E-state index contributed by atoms with van der Waals surface area (Å²) >= 11 is 0. The van der Waals surface area contributed by atoms with Crippen molar-refractivity contribution in [1.82, 2.24) is 30.6 Å². The van der Waals surface area contributed by atoms with Gasteiger partial charge in [0, 0.05) is 37.2 Å². The molecule has 0 saturated carbocycles. The number of carboxylic acids is 1. The van der Waals surface area contributed by atoms with Crippen molar-refractivity contribution in [3.05, 3.63) is 41.2 Å². The monoisotopic (exact) mass is 579 g/mol. The van der Waals surface area contributed by atoms with Crippen molar-refractivity contribution in [2.24, 2.45) is 0 Å². The average molecular weight is 580 g/mol. The Bertz CT molecular complexity index is 1530. The lowest BCUT2D eigenvalue weighted by atomic mass is 9.94. The van der Waals surface area contributed by atoms with Gasteiger partial charge in [0.05, 0.1) is 25.5 Å². The number of carbonyl (C=O) groups excluding carboxylic acids is 3. The lowest BCUT2D eigenvalue weighted by Crippen LogP contribution is -2.52. The Hall–Kier alpha value is -5.08. The predicted molar refractivity (Wildman–Crippen MR) is 152 cm³/mol. The predicted octanol–water partition coefficient (Wildman–Crippen LogP) is 0.570. The molecule has 0 aliphatic carbocycles. The lowest BCUT2D eigenvalue weighted by molar-refractivity contribution is -0.144. The molecule has 1 aromatic carbocycles. The molecule has 4 rings (SSSR count). The molecule has 0 fully saturated rings. The van der Waals surface area contributed by atoms with Crippen LogP contribution in [0.1, 0.15) is 54.2 Å². The van der Waals surface area contributed by atoms with E-state index in [0.717, 1.165) is 11.3 Å². The number of hydrogen-bond acceptors (Lipinski definition) is 12. The van der Waals surface area contributed by atoms with Crippen LogP contribution >= 0.6 is 0 Å². The second kappa shape index (κ2) is 12.6. The minimum Gasteiger partial charge on any atom is -0.480 e. The van der Waals surface area contributed by atoms with Crippen LogP contribution in [0.4, 0.5) is 17.5 Å². The molecular weight excluding hydrogens is 546 g/mol. The Morgan fingerprint density at radius 3 is 2.67 bits per heavy atom. The summed E-state index contributed by atoms with van der Waals surface area (Å²) in [6.45, 7) is 2.73. The summed E-state index contributed by atoms with van der Waals surface area (Å²) in [5.41, 5.74) is 13.4. The molecule has 0 unspecified atom stereocenters. The van der Waals surface area contributed by atoms with Gasteiger partial charge in [-0.05, 0) is 49.9 Å². The highest BCUT2D eigenvalue weighted by Gasteiger charge is 2.36. The summed E-state index contributed by atoms with van der Waals surface area (Å²) in [6, 6.07) is 5.18. The smallest absolute Gasteiger partial charge is 0.329 e. The second-order valence-corrected chi connectivity index (χ2v) is 10.1. The van der Waals surface area contributed by atoms with E-state index in [9.17, 15) is 24.3 Å². The minimum atomic E-state index is -1.67. The van der Waals surface area contributed by atoms with Gasteiger partial charge in [-0.1, -0.05) is 0 Å². The number of esters is 1. The highest BCUT2D eigenvalue weighted by Crippen LogP contribution is 2.30. The number of nitrogen functional groups attached to an aromatic ring is 2. The fraction of sp³-hybridized carbons (Fsp3) is 0.407. The molecule has 0 spiro atoms. The molecule has 222 valence electrons. The van der Waals surface area contributed by atoms with Crippen LogP contribution in [-0.4, -0.2) is 74.5 Å². The van der Waals surface area contributed by atoms with Crippen molar-refractivity contribution in [1.29, 1.82) is 0 Å². The Morgan fingerprint density at radius 1 is 1.14 bits per heavy atom. The van der Waals surface area contributed by atoms with Crippen molar-refractivity contribution in [3.8, 4) is 0 Å². The zero-order chi connectivity index (χ0) is 30.4. The number of carbonyl (C=O) groups is 4. The van der Waals surface area contributed by atoms with Crippen LogP contribution in [0.2, 0.25) is 0 Å². The zero-order valence-electron chi connectivity index (χ0n) is 23.3. The minimum absolute atomic E-state index is 0.0219. The maximum atomic E-state index is 13.1. The number of amides is 2. The third-order valence-corrected chi connectivity index (χ3v) is 7.01. The SMILES string of the molecule is COC(=O)CCCNC(=O)CC[C@](C)(NC(=O)c1ccc2c(c1)CCN2Cc1cnc2nc(N)nc(N)c2n1)C(=O)O. The van der Waals surface area contributed by atoms with E-state index in [2.05, 4.69) is 40.2 Å². The number of hydrogen-bond donors (Lipinski definition) is 5. The summed E-state index contributed by atoms with van der Waals surface area (Å²) in [7, 11) is 1.29. The summed E-state index contributed by atoms with van der Waals surface area (Å²) in [6.07, 6.45) is 2.59. The number of carboxylic acid groups (broad SMARTS) is 1. The van der Waals surface area contributed by atoms with Crippen LogP contribution in [0, 0.1) is 0 Å². The number of methoxy groups -OCH3 is 1. The zero-order valence-corrected chi connectivity index (χ0v) is 23.3. The van der Waals surface area contributed by atoms with Crippen LogP contribution in [0.5, 0.6) is 0 Å². The number of aliphatic carboxylic acids is 1. The topological polar surface area (TPSA) is 229 Å². The van der Waals surface area contributed by atoms with Crippen molar-refractivity contribution in [3.63, 3.8) is 0 Å². The number of nitrogens with zero attached hydrogens (tertiary/aromatic N) is 5. The summed E-state index contributed by atoms with van der Waals surface area (Å²) in [5.74, 6) is -2.41. The standard InChI is InChI=1S/C27H33N9O6/c1-27(25(40)41,9-7-19(37)30-10-3-4-20(38)42-2)35-24(39)16-5-6-18-15(12-16)8-11-36(18)14-17-13-31-23-21(32-17)22(28)33-26(29)34-23/h5-6,12-13H,3-4,7-11,14H2,1-2H3,(H,30,37)(H,35,39)(H,40,41)(H4,28,29,31,33,34)/t27-/m0/s1. The maximum absolute atomic E-state index is 13.1. The van der Waals surface area contributed by atoms with Crippen LogP contribution in [-0.2, 0) is 32.1 Å².